The average Bonchev–Trinajstić information content (AvgIpc) is 3.07. The van der Waals surface area contributed by atoms with Gasteiger partial charge in [0.1, 0.15) is 11.5 Å². The third-order valence-electron chi connectivity index (χ3n) is 3.93. The van der Waals surface area contributed by atoms with E-state index in [0.717, 1.165) is 18.4 Å². The minimum atomic E-state index is -3.37. The molecule has 10 heteroatoms. The van der Waals surface area contributed by atoms with Crippen molar-refractivity contribution in [3.05, 3.63) is 60.3 Å². The first-order valence-electron chi connectivity index (χ1n) is 7.96. The molecule has 0 spiro atoms. The molecule has 0 aliphatic carbocycles. The minimum Gasteiger partial charge on any atom is -0.421 e. The van der Waals surface area contributed by atoms with Gasteiger partial charge in [0, 0.05) is 24.1 Å². The number of rotatable bonds is 4. The van der Waals surface area contributed by atoms with Gasteiger partial charge < -0.3 is 4.74 Å². The summed E-state index contributed by atoms with van der Waals surface area (Å²) in [6, 6.07) is 9.05. The molecule has 2 aromatic heterocycles. The molecule has 0 bridgehead atoms. The normalized spacial score (nSPS) is 11.7. The summed E-state index contributed by atoms with van der Waals surface area (Å²) in [6.07, 6.45) is 2.54. The van der Waals surface area contributed by atoms with E-state index >= 15 is 0 Å². The van der Waals surface area contributed by atoms with Crippen molar-refractivity contribution in [2.45, 2.75) is 4.90 Å². The van der Waals surface area contributed by atoms with Gasteiger partial charge in [0.05, 0.1) is 10.3 Å². The summed E-state index contributed by atoms with van der Waals surface area (Å²) >= 11 is 0. The molecule has 0 amide bonds. The SMILES string of the molecule is CS(=O)(=O)c1cccc(-c2n[nH]c3nc(Oc4ccc(F)cc4F)ncc23)c1. The maximum absolute atomic E-state index is 13.7. The lowest BCUT2D eigenvalue weighted by Crippen LogP contribution is -1.97. The molecule has 4 rings (SSSR count). The molecule has 7 nitrogen and oxygen atoms in total. The van der Waals surface area contributed by atoms with E-state index in [0.29, 0.717) is 28.4 Å². The van der Waals surface area contributed by atoms with Crippen LogP contribution >= 0.6 is 0 Å². The predicted molar refractivity (Wildman–Crippen MR) is 96.7 cm³/mol. The molecule has 0 atom stereocenters. The van der Waals surface area contributed by atoms with Gasteiger partial charge in [-0.15, -0.1) is 0 Å². The number of sulfone groups is 1. The van der Waals surface area contributed by atoms with Crippen molar-refractivity contribution in [1.29, 1.82) is 0 Å². The fraction of sp³-hybridized carbons (Fsp3) is 0.0556. The second-order valence-corrected chi connectivity index (χ2v) is 7.98. The summed E-state index contributed by atoms with van der Waals surface area (Å²) in [5, 5.41) is 7.40. The smallest absolute Gasteiger partial charge is 0.324 e. The van der Waals surface area contributed by atoms with Gasteiger partial charge in [-0.2, -0.15) is 10.1 Å². The lowest BCUT2D eigenvalue weighted by atomic mass is 10.1. The Balaban J connectivity index is 1.71. The Morgan fingerprint density at radius 2 is 1.93 bits per heavy atom. The van der Waals surface area contributed by atoms with Crippen LogP contribution in [0.5, 0.6) is 11.8 Å². The lowest BCUT2D eigenvalue weighted by molar-refractivity contribution is 0.409. The Kier molecular flexibility index (Phi) is 4.27. The largest absolute Gasteiger partial charge is 0.421 e. The highest BCUT2D eigenvalue weighted by Gasteiger charge is 2.15. The van der Waals surface area contributed by atoms with Gasteiger partial charge in [0.15, 0.2) is 27.1 Å². The van der Waals surface area contributed by atoms with Gasteiger partial charge in [0.25, 0.3) is 0 Å². The summed E-state index contributed by atoms with van der Waals surface area (Å²) in [5.74, 6) is -1.83. The third-order valence-corrected chi connectivity index (χ3v) is 5.04. The number of nitrogens with zero attached hydrogens (tertiary/aromatic N) is 3. The van der Waals surface area contributed by atoms with Crippen molar-refractivity contribution >= 4 is 20.9 Å². The summed E-state index contributed by atoms with van der Waals surface area (Å²) < 4.78 is 55.5. The van der Waals surface area contributed by atoms with E-state index in [2.05, 4.69) is 20.2 Å². The fourth-order valence-electron chi connectivity index (χ4n) is 2.59. The zero-order valence-corrected chi connectivity index (χ0v) is 15.2. The van der Waals surface area contributed by atoms with Crippen molar-refractivity contribution < 1.29 is 21.9 Å². The Bertz CT molecular complexity index is 1310. The standard InChI is InChI=1S/C18H12F2N4O3S/c1-28(25,26)12-4-2-3-10(7-12)16-13-9-21-18(22-17(13)24-23-16)27-15-6-5-11(19)8-14(15)20/h2-9H,1H3,(H,21,22,23,24). The van der Waals surface area contributed by atoms with E-state index in [9.17, 15) is 17.2 Å². The highest BCUT2D eigenvalue weighted by Crippen LogP contribution is 2.29. The number of nitrogens with one attached hydrogen (secondary N) is 1. The van der Waals surface area contributed by atoms with E-state index < -0.39 is 21.5 Å². The maximum atomic E-state index is 13.7. The maximum Gasteiger partial charge on any atom is 0.324 e. The zero-order valence-electron chi connectivity index (χ0n) is 14.3. The Hall–Kier alpha value is -3.40. The Labute approximate surface area is 157 Å². The fourth-order valence-corrected chi connectivity index (χ4v) is 3.26. The van der Waals surface area contributed by atoms with E-state index in [1.807, 2.05) is 0 Å². The van der Waals surface area contributed by atoms with Crippen molar-refractivity contribution in [2.24, 2.45) is 0 Å². The molecule has 2 aromatic carbocycles. The highest BCUT2D eigenvalue weighted by atomic mass is 32.2. The van der Waals surface area contributed by atoms with Crippen LogP contribution in [0.25, 0.3) is 22.3 Å². The summed E-state index contributed by atoms with van der Waals surface area (Å²) in [7, 11) is -3.37. The first-order chi connectivity index (χ1) is 13.3. The number of hydrogen-bond acceptors (Lipinski definition) is 6. The number of benzene rings is 2. The van der Waals surface area contributed by atoms with E-state index in [1.54, 1.807) is 12.1 Å². The van der Waals surface area contributed by atoms with Crippen molar-refractivity contribution in [2.75, 3.05) is 6.26 Å². The number of fused-ring (bicyclic) bond motifs is 1. The molecule has 0 aliphatic rings. The van der Waals surface area contributed by atoms with E-state index in [-0.39, 0.29) is 16.7 Å². The Morgan fingerprint density at radius 3 is 2.68 bits per heavy atom. The van der Waals surface area contributed by atoms with Crippen LogP contribution in [-0.4, -0.2) is 34.8 Å². The van der Waals surface area contributed by atoms with E-state index in [1.165, 1.54) is 18.3 Å². The molecule has 1 N–H and O–H groups in total. The Morgan fingerprint density at radius 1 is 1.11 bits per heavy atom. The molecule has 0 saturated heterocycles. The molecule has 28 heavy (non-hydrogen) atoms. The summed E-state index contributed by atoms with van der Waals surface area (Å²) in [5.41, 5.74) is 1.34. The van der Waals surface area contributed by atoms with Gasteiger partial charge >= 0.3 is 6.01 Å². The number of hydrogen-bond donors (Lipinski definition) is 1. The van der Waals surface area contributed by atoms with Gasteiger partial charge in [-0.05, 0) is 24.3 Å². The number of ether oxygens (including phenoxy) is 1. The number of aromatic amines is 1. The van der Waals surface area contributed by atoms with Gasteiger partial charge in [-0.3, -0.25) is 5.10 Å². The first kappa shape index (κ1) is 18.0. The first-order valence-corrected chi connectivity index (χ1v) is 9.85. The van der Waals surface area contributed by atoms with Crippen LogP contribution < -0.4 is 4.74 Å². The molecule has 0 fully saturated rings. The van der Waals surface area contributed by atoms with Crippen LogP contribution in [0.2, 0.25) is 0 Å². The van der Waals surface area contributed by atoms with E-state index in [4.69, 9.17) is 4.74 Å². The molecule has 142 valence electrons. The summed E-state index contributed by atoms with van der Waals surface area (Å²) in [6.45, 7) is 0. The van der Waals surface area contributed by atoms with Crippen LogP contribution in [0.4, 0.5) is 8.78 Å². The second kappa shape index (κ2) is 6.64. The van der Waals surface area contributed by atoms with Gasteiger partial charge in [0.2, 0.25) is 0 Å². The lowest BCUT2D eigenvalue weighted by Gasteiger charge is -2.05. The predicted octanol–water partition coefficient (Wildman–Crippen LogP) is 3.49. The van der Waals surface area contributed by atoms with Crippen LogP contribution in [0, 0.1) is 11.6 Å². The van der Waals surface area contributed by atoms with Crippen LogP contribution in [-0.2, 0) is 9.84 Å². The van der Waals surface area contributed by atoms with Crippen LogP contribution in [0.1, 0.15) is 0 Å². The van der Waals surface area contributed by atoms with Crippen molar-refractivity contribution in [3.63, 3.8) is 0 Å². The molecule has 0 saturated carbocycles. The van der Waals surface area contributed by atoms with Crippen LogP contribution in [0.3, 0.4) is 0 Å². The summed E-state index contributed by atoms with van der Waals surface area (Å²) in [4.78, 5) is 8.31. The zero-order chi connectivity index (χ0) is 19.9. The minimum absolute atomic E-state index is 0.155. The van der Waals surface area contributed by atoms with Crippen molar-refractivity contribution in [3.8, 4) is 23.0 Å². The topological polar surface area (TPSA) is 97.8 Å². The average molecular weight is 402 g/mol. The molecule has 4 aromatic rings. The number of halogens is 2. The third kappa shape index (κ3) is 3.41. The highest BCUT2D eigenvalue weighted by molar-refractivity contribution is 7.90. The number of aromatic nitrogens is 4. The molecule has 0 radical (unpaired) electrons. The monoisotopic (exact) mass is 402 g/mol. The number of H-pyrrole nitrogens is 1. The van der Waals surface area contributed by atoms with Gasteiger partial charge in [-0.1, -0.05) is 12.1 Å². The molecular weight excluding hydrogens is 390 g/mol. The van der Waals surface area contributed by atoms with Gasteiger partial charge in [-0.25, -0.2) is 22.2 Å². The molecule has 0 aliphatic heterocycles. The molecular formula is C18H12F2N4O3S. The molecule has 0 unspecified atom stereocenters. The second-order valence-electron chi connectivity index (χ2n) is 5.96. The van der Waals surface area contributed by atoms with Crippen LogP contribution in [0.15, 0.2) is 53.6 Å². The van der Waals surface area contributed by atoms with Crippen molar-refractivity contribution in [1.82, 2.24) is 20.2 Å². The quantitative estimate of drug-likeness (QED) is 0.561. The molecule has 2 heterocycles.